The van der Waals surface area contributed by atoms with Crippen molar-refractivity contribution in [3.8, 4) is 5.75 Å². The first-order valence-corrected chi connectivity index (χ1v) is 5.86. The van der Waals surface area contributed by atoms with E-state index in [2.05, 4.69) is 11.0 Å². The first kappa shape index (κ1) is 11.3. The summed E-state index contributed by atoms with van der Waals surface area (Å²) in [6, 6.07) is 8.32. The number of anilines is 1. The molecule has 1 aliphatic rings. The van der Waals surface area contributed by atoms with Gasteiger partial charge in [-0.05, 0) is 31.4 Å². The van der Waals surface area contributed by atoms with Gasteiger partial charge in [0.05, 0.1) is 19.8 Å². The van der Waals surface area contributed by atoms with Crippen LogP contribution in [0.15, 0.2) is 24.3 Å². The number of aliphatic hydroxyl groups is 1. The Labute approximate surface area is 96.6 Å². The fourth-order valence-electron chi connectivity index (χ4n) is 2.32. The third-order valence-corrected chi connectivity index (χ3v) is 3.22. The summed E-state index contributed by atoms with van der Waals surface area (Å²) in [7, 11) is 1.68. The van der Waals surface area contributed by atoms with Gasteiger partial charge in [-0.1, -0.05) is 6.07 Å². The predicted molar refractivity (Wildman–Crippen MR) is 65.1 cm³/mol. The number of hydrogen-bond donors (Lipinski definition) is 1. The van der Waals surface area contributed by atoms with Crippen LogP contribution in [0.1, 0.15) is 19.3 Å². The van der Waals surface area contributed by atoms with E-state index in [9.17, 15) is 5.11 Å². The fraction of sp³-hybridized carbons (Fsp3) is 0.538. The van der Waals surface area contributed by atoms with Gasteiger partial charge < -0.3 is 14.7 Å². The van der Waals surface area contributed by atoms with Crippen LogP contribution in [0.5, 0.6) is 5.75 Å². The molecule has 3 nitrogen and oxygen atoms in total. The Bertz CT molecular complexity index is 340. The lowest BCUT2D eigenvalue weighted by Gasteiger charge is -2.36. The van der Waals surface area contributed by atoms with E-state index in [-0.39, 0.29) is 12.6 Å². The zero-order valence-corrected chi connectivity index (χ0v) is 9.72. The normalized spacial score (nSPS) is 20.9. The van der Waals surface area contributed by atoms with E-state index >= 15 is 0 Å². The Balaban J connectivity index is 2.20. The third kappa shape index (κ3) is 2.30. The Morgan fingerprint density at radius 3 is 3.06 bits per heavy atom. The third-order valence-electron chi connectivity index (χ3n) is 3.22. The molecule has 1 fully saturated rings. The maximum absolute atomic E-state index is 9.38. The molecule has 0 spiro atoms. The van der Waals surface area contributed by atoms with Crippen LogP contribution in [0.2, 0.25) is 0 Å². The average molecular weight is 221 g/mol. The van der Waals surface area contributed by atoms with E-state index in [1.54, 1.807) is 7.11 Å². The molecule has 1 aliphatic heterocycles. The summed E-state index contributed by atoms with van der Waals surface area (Å²) in [5.74, 6) is 0.875. The zero-order chi connectivity index (χ0) is 11.4. The van der Waals surface area contributed by atoms with E-state index < -0.39 is 0 Å². The van der Waals surface area contributed by atoms with Gasteiger partial charge in [0.25, 0.3) is 0 Å². The number of benzene rings is 1. The van der Waals surface area contributed by atoms with Crippen LogP contribution in [-0.2, 0) is 0 Å². The monoisotopic (exact) mass is 221 g/mol. The van der Waals surface area contributed by atoms with E-state index in [4.69, 9.17) is 4.74 Å². The topological polar surface area (TPSA) is 32.7 Å². The highest BCUT2D eigenvalue weighted by atomic mass is 16.5. The lowest BCUT2D eigenvalue weighted by molar-refractivity contribution is 0.240. The molecule has 1 aromatic carbocycles. The van der Waals surface area contributed by atoms with Crippen molar-refractivity contribution in [2.45, 2.75) is 25.3 Å². The molecular weight excluding hydrogens is 202 g/mol. The van der Waals surface area contributed by atoms with Gasteiger partial charge in [-0.2, -0.15) is 0 Å². The second kappa shape index (κ2) is 5.21. The minimum Gasteiger partial charge on any atom is -0.497 e. The average Bonchev–Trinajstić information content (AvgIpc) is 2.38. The Kier molecular flexibility index (Phi) is 3.67. The second-order valence-corrected chi connectivity index (χ2v) is 4.23. The van der Waals surface area contributed by atoms with Gasteiger partial charge >= 0.3 is 0 Å². The molecule has 0 saturated carbocycles. The van der Waals surface area contributed by atoms with Crippen molar-refractivity contribution in [2.24, 2.45) is 0 Å². The summed E-state index contributed by atoms with van der Waals surface area (Å²) < 4.78 is 5.23. The number of nitrogens with zero attached hydrogens (tertiary/aromatic N) is 1. The van der Waals surface area contributed by atoms with Crippen LogP contribution in [0.4, 0.5) is 5.69 Å². The molecule has 0 aliphatic carbocycles. The van der Waals surface area contributed by atoms with E-state index in [0.717, 1.165) is 24.4 Å². The first-order chi connectivity index (χ1) is 7.85. The molecule has 88 valence electrons. The molecule has 1 unspecified atom stereocenters. The minimum absolute atomic E-state index is 0.233. The lowest BCUT2D eigenvalue weighted by Crippen LogP contribution is -2.41. The van der Waals surface area contributed by atoms with Gasteiger partial charge in [0.1, 0.15) is 5.75 Å². The molecule has 3 heteroatoms. The SMILES string of the molecule is COc1cccc(N2CCCCC2CO)c1. The zero-order valence-electron chi connectivity index (χ0n) is 9.72. The Morgan fingerprint density at radius 2 is 2.31 bits per heavy atom. The Morgan fingerprint density at radius 1 is 1.44 bits per heavy atom. The van der Waals surface area contributed by atoms with Gasteiger partial charge in [0.2, 0.25) is 0 Å². The molecule has 16 heavy (non-hydrogen) atoms. The van der Waals surface area contributed by atoms with E-state index in [1.165, 1.54) is 12.8 Å². The fourth-order valence-corrected chi connectivity index (χ4v) is 2.32. The van der Waals surface area contributed by atoms with Crippen LogP contribution in [-0.4, -0.2) is 31.4 Å². The smallest absolute Gasteiger partial charge is 0.120 e. The molecule has 1 heterocycles. The van der Waals surface area contributed by atoms with Gasteiger partial charge in [0.15, 0.2) is 0 Å². The van der Waals surface area contributed by atoms with Crippen LogP contribution in [0.25, 0.3) is 0 Å². The Hall–Kier alpha value is -1.22. The number of aliphatic hydroxyl groups excluding tert-OH is 1. The summed E-state index contributed by atoms with van der Waals surface area (Å²) in [6.45, 7) is 1.26. The minimum atomic E-state index is 0.233. The van der Waals surface area contributed by atoms with E-state index in [1.807, 2.05) is 18.2 Å². The molecule has 0 aromatic heterocycles. The van der Waals surface area contributed by atoms with Gasteiger partial charge in [-0.15, -0.1) is 0 Å². The molecule has 2 rings (SSSR count). The van der Waals surface area contributed by atoms with Crippen molar-refractivity contribution in [1.29, 1.82) is 0 Å². The second-order valence-electron chi connectivity index (χ2n) is 4.23. The van der Waals surface area contributed by atoms with Crippen LogP contribution in [0, 0.1) is 0 Å². The summed E-state index contributed by atoms with van der Waals surface area (Å²) in [4.78, 5) is 2.28. The number of piperidine rings is 1. The highest BCUT2D eigenvalue weighted by Gasteiger charge is 2.21. The molecule has 1 aromatic rings. The largest absolute Gasteiger partial charge is 0.497 e. The van der Waals surface area contributed by atoms with Crippen LogP contribution >= 0.6 is 0 Å². The molecule has 1 N–H and O–H groups in total. The number of ether oxygens (including phenoxy) is 1. The molecule has 0 amide bonds. The number of rotatable bonds is 3. The lowest BCUT2D eigenvalue weighted by atomic mass is 10.0. The maximum Gasteiger partial charge on any atom is 0.120 e. The molecular formula is C13H19NO2. The number of methoxy groups -OCH3 is 1. The van der Waals surface area contributed by atoms with Gasteiger partial charge in [0, 0.05) is 18.3 Å². The summed E-state index contributed by atoms with van der Waals surface area (Å²) in [6.07, 6.45) is 3.49. The van der Waals surface area contributed by atoms with Gasteiger partial charge in [-0.3, -0.25) is 0 Å². The summed E-state index contributed by atoms with van der Waals surface area (Å²) in [5.41, 5.74) is 1.15. The number of hydrogen-bond acceptors (Lipinski definition) is 3. The summed E-state index contributed by atoms with van der Waals surface area (Å²) >= 11 is 0. The highest BCUT2D eigenvalue weighted by Crippen LogP contribution is 2.27. The maximum atomic E-state index is 9.38. The van der Waals surface area contributed by atoms with Crippen molar-refractivity contribution in [1.82, 2.24) is 0 Å². The molecule has 0 bridgehead atoms. The quantitative estimate of drug-likeness (QED) is 0.848. The standard InChI is InChI=1S/C13H19NO2/c1-16-13-7-4-6-11(9-13)14-8-3-2-5-12(14)10-15/h4,6-7,9,12,15H,2-3,5,8,10H2,1H3. The van der Waals surface area contributed by atoms with E-state index in [0.29, 0.717) is 0 Å². The summed E-state index contributed by atoms with van der Waals surface area (Å²) in [5, 5.41) is 9.38. The van der Waals surface area contributed by atoms with Gasteiger partial charge in [-0.25, -0.2) is 0 Å². The highest BCUT2D eigenvalue weighted by molar-refractivity contribution is 5.51. The first-order valence-electron chi connectivity index (χ1n) is 5.86. The predicted octanol–water partition coefficient (Wildman–Crippen LogP) is 2.05. The van der Waals surface area contributed by atoms with Crippen LogP contribution in [0.3, 0.4) is 0 Å². The van der Waals surface area contributed by atoms with Crippen molar-refractivity contribution in [3.05, 3.63) is 24.3 Å². The molecule has 0 radical (unpaired) electrons. The molecule has 1 saturated heterocycles. The van der Waals surface area contributed by atoms with Crippen molar-refractivity contribution >= 4 is 5.69 Å². The van der Waals surface area contributed by atoms with Crippen molar-refractivity contribution in [2.75, 3.05) is 25.2 Å². The molecule has 1 atom stereocenters. The van der Waals surface area contributed by atoms with Crippen molar-refractivity contribution in [3.63, 3.8) is 0 Å². The van der Waals surface area contributed by atoms with Crippen molar-refractivity contribution < 1.29 is 9.84 Å². The van der Waals surface area contributed by atoms with Crippen LogP contribution < -0.4 is 9.64 Å².